The molecular weight excluding hydrogens is 258 g/mol. The van der Waals surface area contributed by atoms with E-state index >= 15 is 0 Å². The van der Waals surface area contributed by atoms with Crippen LogP contribution in [0.2, 0.25) is 0 Å². The molecule has 0 aliphatic carbocycles. The van der Waals surface area contributed by atoms with Crippen LogP contribution < -0.4 is 10.1 Å². The molecule has 0 amide bonds. The summed E-state index contributed by atoms with van der Waals surface area (Å²) in [4.78, 5) is 0. The Morgan fingerprint density at radius 1 is 0.905 bits per heavy atom. The van der Waals surface area contributed by atoms with Crippen molar-refractivity contribution in [3.8, 4) is 5.75 Å². The van der Waals surface area contributed by atoms with Gasteiger partial charge in [-0.25, -0.2) is 0 Å². The van der Waals surface area contributed by atoms with Gasteiger partial charge in [-0.05, 0) is 68.6 Å². The highest BCUT2D eigenvalue weighted by atomic mass is 16.5. The topological polar surface area (TPSA) is 21.3 Å². The molecule has 2 heteroatoms. The highest BCUT2D eigenvalue weighted by Gasteiger charge is 2.18. The van der Waals surface area contributed by atoms with Gasteiger partial charge in [0.25, 0.3) is 0 Å². The highest BCUT2D eigenvalue weighted by Crippen LogP contribution is 2.31. The summed E-state index contributed by atoms with van der Waals surface area (Å²) >= 11 is 0. The van der Waals surface area contributed by atoms with Crippen molar-refractivity contribution in [3.05, 3.63) is 63.7 Å². The molecule has 0 heterocycles. The fourth-order valence-corrected chi connectivity index (χ4v) is 3.14. The van der Waals surface area contributed by atoms with Crippen LogP contribution in [0.1, 0.15) is 39.4 Å². The van der Waals surface area contributed by atoms with Crippen molar-refractivity contribution in [1.29, 1.82) is 0 Å². The van der Waals surface area contributed by atoms with Crippen LogP contribution in [0.25, 0.3) is 0 Å². The third-order valence-corrected chi connectivity index (χ3v) is 4.08. The monoisotopic (exact) mass is 283 g/mol. The van der Waals surface area contributed by atoms with Gasteiger partial charge in [-0.2, -0.15) is 0 Å². The van der Waals surface area contributed by atoms with E-state index in [0.717, 1.165) is 11.3 Å². The minimum atomic E-state index is 0.181. The van der Waals surface area contributed by atoms with Crippen molar-refractivity contribution in [3.63, 3.8) is 0 Å². The van der Waals surface area contributed by atoms with Crippen LogP contribution in [-0.4, -0.2) is 14.2 Å². The van der Waals surface area contributed by atoms with E-state index in [1.807, 2.05) is 7.05 Å². The Balaban J connectivity index is 2.55. The first-order chi connectivity index (χ1) is 9.97. The molecule has 0 saturated carbocycles. The molecule has 2 aromatic carbocycles. The van der Waals surface area contributed by atoms with E-state index in [-0.39, 0.29) is 6.04 Å². The highest BCUT2D eigenvalue weighted by molar-refractivity contribution is 5.47. The van der Waals surface area contributed by atoms with Gasteiger partial charge in [-0.15, -0.1) is 0 Å². The molecule has 0 spiro atoms. The average Bonchev–Trinajstić information content (AvgIpc) is 2.43. The SMILES string of the molecule is CNC(c1ccc(C)c(OC)c1)c1c(C)cc(C)cc1C. The molecule has 2 nitrogen and oxygen atoms in total. The maximum absolute atomic E-state index is 5.47. The van der Waals surface area contributed by atoms with Gasteiger partial charge in [0.1, 0.15) is 5.75 Å². The number of aryl methyl sites for hydroxylation is 4. The largest absolute Gasteiger partial charge is 0.496 e. The first kappa shape index (κ1) is 15.6. The van der Waals surface area contributed by atoms with E-state index in [1.54, 1.807) is 7.11 Å². The fraction of sp³-hybridized carbons (Fsp3) is 0.368. The molecule has 0 fully saturated rings. The van der Waals surface area contributed by atoms with Crippen molar-refractivity contribution in [2.45, 2.75) is 33.7 Å². The predicted octanol–water partition coefficient (Wildman–Crippen LogP) is 4.24. The van der Waals surface area contributed by atoms with E-state index in [0.29, 0.717) is 0 Å². The molecule has 0 saturated heterocycles. The maximum Gasteiger partial charge on any atom is 0.122 e. The molecule has 1 atom stereocenters. The number of rotatable bonds is 4. The Kier molecular flexibility index (Phi) is 4.69. The molecule has 112 valence electrons. The van der Waals surface area contributed by atoms with Gasteiger partial charge in [0.15, 0.2) is 0 Å². The minimum absolute atomic E-state index is 0.181. The number of benzene rings is 2. The van der Waals surface area contributed by atoms with Crippen molar-refractivity contribution >= 4 is 0 Å². The first-order valence-corrected chi connectivity index (χ1v) is 7.37. The standard InChI is InChI=1S/C19H25NO/c1-12-9-14(3)18(15(4)10-12)19(20-5)16-8-7-13(2)17(11-16)21-6/h7-11,19-20H,1-6H3. The summed E-state index contributed by atoms with van der Waals surface area (Å²) in [5.41, 5.74) is 7.71. The lowest BCUT2D eigenvalue weighted by Crippen LogP contribution is -2.20. The molecular formula is C19H25NO. The molecule has 1 N–H and O–H groups in total. The second-order valence-corrected chi connectivity index (χ2v) is 5.76. The van der Waals surface area contributed by atoms with Crippen LogP contribution >= 0.6 is 0 Å². The van der Waals surface area contributed by atoms with Crippen LogP contribution in [0, 0.1) is 27.7 Å². The van der Waals surface area contributed by atoms with Crippen molar-refractivity contribution in [2.24, 2.45) is 0 Å². The lowest BCUT2D eigenvalue weighted by Gasteiger charge is -2.23. The number of ether oxygens (including phenoxy) is 1. The van der Waals surface area contributed by atoms with Gasteiger partial charge < -0.3 is 10.1 Å². The Hall–Kier alpha value is -1.80. The molecule has 0 radical (unpaired) electrons. The number of hydrogen-bond donors (Lipinski definition) is 1. The summed E-state index contributed by atoms with van der Waals surface area (Å²) in [5.74, 6) is 0.940. The Labute approximate surface area is 128 Å². The molecule has 21 heavy (non-hydrogen) atoms. The Morgan fingerprint density at radius 3 is 2.05 bits per heavy atom. The lowest BCUT2D eigenvalue weighted by molar-refractivity contribution is 0.410. The molecule has 2 aromatic rings. The lowest BCUT2D eigenvalue weighted by atomic mass is 9.89. The van der Waals surface area contributed by atoms with Crippen LogP contribution in [0.5, 0.6) is 5.75 Å². The fourth-order valence-electron chi connectivity index (χ4n) is 3.14. The van der Waals surface area contributed by atoms with E-state index in [9.17, 15) is 0 Å². The predicted molar refractivity (Wildman–Crippen MR) is 89.3 cm³/mol. The number of nitrogens with one attached hydrogen (secondary N) is 1. The zero-order valence-electron chi connectivity index (χ0n) is 13.9. The molecule has 0 aliphatic heterocycles. The zero-order chi connectivity index (χ0) is 15.6. The average molecular weight is 283 g/mol. The normalized spacial score (nSPS) is 12.3. The van der Waals surface area contributed by atoms with Gasteiger partial charge in [0.2, 0.25) is 0 Å². The van der Waals surface area contributed by atoms with Crippen LogP contribution in [0.4, 0.5) is 0 Å². The molecule has 2 rings (SSSR count). The zero-order valence-corrected chi connectivity index (χ0v) is 13.9. The Bertz CT molecular complexity index is 623. The summed E-state index contributed by atoms with van der Waals surface area (Å²) < 4.78 is 5.47. The number of methoxy groups -OCH3 is 1. The summed E-state index contributed by atoms with van der Waals surface area (Å²) in [6.07, 6.45) is 0. The van der Waals surface area contributed by atoms with Crippen LogP contribution in [0.3, 0.4) is 0 Å². The van der Waals surface area contributed by atoms with E-state index in [4.69, 9.17) is 4.74 Å². The van der Waals surface area contributed by atoms with Crippen molar-refractivity contribution in [2.75, 3.05) is 14.2 Å². The van der Waals surface area contributed by atoms with E-state index in [2.05, 4.69) is 63.3 Å². The first-order valence-electron chi connectivity index (χ1n) is 7.37. The number of hydrogen-bond acceptors (Lipinski definition) is 2. The van der Waals surface area contributed by atoms with Crippen molar-refractivity contribution in [1.82, 2.24) is 5.32 Å². The molecule has 0 aliphatic rings. The van der Waals surface area contributed by atoms with Gasteiger partial charge in [0.05, 0.1) is 13.2 Å². The summed E-state index contributed by atoms with van der Waals surface area (Å²) in [5, 5.41) is 3.45. The van der Waals surface area contributed by atoms with Gasteiger partial charge in [-0.1, -0.05) is 29.8 Å². The minimum Gasteiger partial charge on any atom is -0.496 e. The van der Waals surface area contributed by atoms with E-state index in [1.165, 1.54) is 27.8 Å². The van der Waals surface area contributed by atoms with Gasteiger partial charge >= 0.3 is 0 Å². The van der Waals surface area contributed by atoms with Crippen LogP contribution in [0.15, 0.2) is 30.3 Å². The smallest absolute Gasteiger partial charge is 0.122 e. The van der Waals surface area contributed by atoms with Gasteiger partial charge in [0, 0.05) is 0 Å². The molecule has 0 bridgehead atoms. The van der Waals surface area contributed by atoms with E-state index < -0.39 is 0 Å². The Morgan fingerprint density at radius 2 is 1.52 bits per heavy atom. The second kappa shape index (κ2) is 6.31. The summed E-state index contributed by atoms with van der Waals surface area (Å²) in [6, 6.07) is 11.1. The third kappa shape index (κ3) is 3.11. The quantitative estimate of drug-likeness (QED) is 0.906. The molecule has 0 aromatic heterocycles. The molecule has 1 unspecified atom stereocenters. The third-order valence-electron chi connectivity index (χ3n) is 4.08. The van der Waals surface area contributed by atoms with Crippen molar-refractivity contribution < 1.29 is 4.74 Å². The second-order valence-electron chi connectivity index (χ2n) is 5.76. The summed E-state index contributed by atoms with van der Waals surface area (Å²) in [7, 11) is 3.73. The summed E-state index contributed by atoms with van der Waals surface area (Å²) in [6.45, 7) is 8.59. The van der Waals surface area contributed by atoms with Crippen LogP contribution in [-0.2, 0) is 0 Å². The maximum atomic E-state index is 5.47. The van der Waals surface area contributed by atoms with Gasteiger partial charge in [-0.3, -0.25) is 0 Å².